The molecule has 1 aliphatic rings. The first-order chi connectivity index (χ1) is 7.00. The second-order valence-electron chi connectivity index (χ2n) is 3.16. The van der Waals surface area contributed by atoms with Gasteiger partial charge in [0.1, 0.15) is 0 Å². The molecule has 0 N–H and O–H groups in total. The minimum atomic E-state index is 1.01. The zero-order valence-corrected chi connectivity index (χ0v) is 8.52. The van der Waals surface area contributed by atoms with Crippen LogP contribution in [0.5, 0.6) is 0 Å². The molecule has 0 spiro atoms. The van der Waals surface area contributed by atoms with Gasteiger partial charge in [-0.15, -0.1) is 0 Å². The molecule has 1 rings (SSSR count). The average molecular weight is 185 g/mol. The summed E-state index contributed by atoms with van der Waals surface area (Å²) in [6.07, 6.45) is 26.5. The minimum absolute atomic E-state index is 1.01. The predicted molar refractivity (Wildman–Crippen MR) is 62.8 cm³/mol. The van der Waals surface area contributed by atoms with Gasteiger partial charge in [-0.1, -0.05) is 54.7 Å². The minimum Gasteiger partial charge on any atom is -0.0882 e. The lowest BCUT2D eigenvalue weighted by Gasteiger charge is -1.88. The molecule has 0 amide bonds. The fraction of sp³-hybridized carbons (Fsp3) is 0.286. The van der Waals surface area contributed by atoms with Crippen LogP contribution >= 0.6 is 0 Å². The van der Waals surface area contributed by atoms with Crippen molar-refractivity contribution in [3.8, 4) is 0 Å². The van der Waals surface area contributed by atoms with E-state index in [9.17, 15) is 0 Å². The smallest absolute Gasteiger partial charge is 0.0241 e. The van der Waals surface area contributed by atoms with Crippen LogP contribution in [0.3, 0.4) is 0 Å². The fourth-order valence-corrected chi connectivity index (χ4v) is 1.17. The Bertz CT molecular complexity index is 234. The van der Waals surface area contributed by atoms with Crippen molar-refractivity contribution in [1.82, 2.24) is 0 Å². The van der Waals surface area contributed by atoms with Gasteiger partial charge in [0.05, 0.1) is 0 Å². The van der Waals surface area contributed by atoms with Gasteiger partial charge in [-0.05, 0) is 31.8 Å². The van der Waals surface area contributed by atoms with Gasteiger partial charge in [0.2, 0.25) is 0 Å². The van der Waals surface area contributed by atoms with Crippen molar-refractivity contribution in [2.75, 3.05) is 0 Å². The Morgan fingerprint density at radius 1 is 0.643 bits per heavy atom. The summed E-state index contributed by atoms with van der Waals surface area (Å²) < 4.78 is 0. The topological polar surface area (TPSA) is 0 Å². The third kappa shape index (κ3) is 6.24. The number of hydrogen-bond acceptors (Lipinski definition) is 0. The van der Waals surface area contributed by atoms with Gasteiger partial charge in [-0.3, -0.25) is 0 Å². The molecule has 73 valence electrons. The highest BCUT2D eigenvalue weighted by Gasteiger charge is 1.78. The van der Waals surface area contributed by atoms with Crippen LogP contribution in [0.25, 0.3) is 0 Å². The summed E-state index contributed by atoms with van der Waals surface area (Å²) in [6.45, 7) is 0. The Hall–Kier alpha value is -1.30. The molecule has 0 fully saturated rings. The largest absolute Gasteiger partial charge is 0.0882 e. The van der Waals surface area contributed by atoms with Crippen LogP contribution in [0.1, 0.15) is 25.7 Å². The van der Waals surface area contributed by atoms with Gasteiger partial charge in [-0.25, -0.2) is 0 Å². The van der Waals surface area contributed by atoms with E-state index in [1.165, 1.54) is 0 Å². The molecule has 1 radical (unpaired) electrons. The molecule has 1 aliphatic carbocycles. The number of allylic oxidation sites excluding steroid dienone is 10. The third-order valence-electron chi connectivity index (χ3n) is 1.92. The van der Waals surface area contributed by atoms with Gasteiger partial charge >= 0.3 is 0 Å². The summed E-state index contributed by atoms with van der Waals surface area (Å²) in [5, 5.41) is 0. The lowest BCUT2D eigenvalue weighted by molar-refractivity contribution is 0.992. The first-order valence-electron chi connectivity index (χ1n) is 5.20. The monoisotopic (exact) mass is 185 g/mol. The SMILES string of the molecule is [C]1=C/C=C\C=C\C=C/CC/C=C/CC/1. The van der Waals surface area contributed by atoms with Gasteiger partial charge in [-0.2, -0.15) is 0 Å². The van der Waals surface area contributed by atoms with E-state index in [0.717, 1.165) is 25.7 Å². The van der Waals surface area contributed by atoms with Crippen LogP contribution in [0, 0.1) is 6.08 Å². The Balaban J connectivity index is 2.46. The molecule has 0 aromatic rings. The lowest BCUT2D eigenvalue weighted by atomic mass is 10.2. The lowest BCUT2D eigenvalue weighted by Crippen LogP contribution is -1.68. The normalized spacial score (nSPS) is 29.7. The van der Waals surface area contributed by atoms with Gasteiger partial charge < -0.3 is 0 Å². The maximum absolute atomic E-state index is 3.22. The van der Waals surface area contributed by atoms with Crippen molar-refractivity contribution in [1.29, 1.82) is 0 Å². The zero-order chi connectivity index (χ0) is 9.90. The van der Waals surface area contributed by atoms with Crippen molar-refractivity contribution in [3.63, 3.8) is 0 Å². The van der Waals surface area contributed by atoms with E-state index in [2.05, 4.69) is 36.5 Å². The fourth-order valence-electron chi connectivity index (χ4n) is 1.17. The van der Waals surface area contributed by atoms with E-state index >= 15 is 0 Å². The van der Waals surface area contributed by atoms with Crippen LogP contribution in [0.15, 0.2) is 54.7 Å². The summed E-state index contributed by atoms with van der Waals surface area (Å²) in [5.74, 6) is 0. The standard InChI is InChI=1S/C14H17/c1-2-4-6-8-10-12-14-13-11-9-7-5-3-1/h1-7,12,14H,8,10-11,13H2/b2-1+,5-3-,6-4-,9-7?,14-12+. The quantitative estimate of drug-likeness (QED) is 0.497. The molecule has 0 heterocycles. The molecular weight excluding hydrogens is 168 g/mol. The van der Waals surface area contributed by atoms with Crippen molar-refractivity contribution >= 4 is 0 Å². The van der Waals surface area contributed by atoms with E-state index in [0.29, 0.717) is 0 Å². The Kier molecular flexibility index (Phi) is 6.39. The van der Waals surface area contributed by atoms with E-state index in [4.69, 9.17) is 0 Å². The molecule has 0 nitrogen and oxygen atoms in total. The predicted octanol–water partition coefficient (Wildman–Crippen LogP) is 4.14. The molecule has 0 aliphatic heterocycles. The van der Waals surface area contributed by atoms with Crippen molar-refractivity contribution in [2.45, 2.75) is 25.7 Å². The Morgan fingerprint density at radius 3 is 2.36 bits per heavy atom. The molecule has 0 saturated heterocycles. The van der Waals surface area contributed by atoms with Crippen LogP contribution in [0.2, 0.25) is 0 Å². The average Bonchev–Trinajstić information content (AvgIpc) is 2.22. The molecule has 0 bridgehead atoms. The second-order valence-corrected chi connectivity index (χ2v) is 3.16. The second kappa shape index (κ2) is 8.31. The van der Waals surface area contributed by atoms with Gasteiger partial charge in [0.15, 0.2) is 0 Å². The summed E-state index contributed by atoms with van der Waals surface area (Å²) >= 11 is 0. The molecule has 0 heteroatoms. The summed E-state index contributed by atoms with van der Waals surface area (Å²) in [6, 6.07) is 0. The molecule has 0 aromatic carbocycles. The highest BCUT2D eigenvalue weighted by atomic mass is 13.8. The van der Waals surface area contributed by atoms with Crippen molar-refractivity contribution < 1.29 is 0 Å². The van der Waals surface area contributed by atoms with Crippen LogP contribution in [-0.2, 0) is 0 Å². The highest BCUT2D eigenvalue weighted by molar-refractivity contribution is 5.14. The zero-order valence-electron chi connectivity index (χ0n) is 8.52. The maximum Gasteiger partial charge on any atom is -0.0241 e. The van der Waals surface area contributed by atoms with Crippen molar-refractivity contribution in [2.24, 2.45) is 0 Å². The molecule has 0 atom stereocenters. The Labute approximate surface area is 87.0 Å². The van der Waals surface area contributed by atoms with E-state index < -0.39 is 0 Å². The third-order valence-corrected chi connectivity index (χ3v) is 1.92. The molecule has 0 aromatic heterocycles. The first-order valence-corrected chi connectivity index (χ1v) is 5.20. The van der Waals surface area contributed by atoms with Gasteiger partial charge in [0.25, 0.3) is 0 Å². The van der Waals surface area contributed by atoms with Gasteiger partial charge in [0, 0.05) is 0 Å². The molecule has 0 saturated carbocycles. The van der Waals surface area contributed by atoms with E-state index in [1.807, 2.05) is 24.3 Å². The maximum atomic E-state index is 3.22. The van der Waals surface area contributed by atoms with Crippen LogP contribution in [0.4, 0.5) is 0 Å². The summed E-state index contributed by atoms with van der Waals surface area (Å²) in [4.78, 5) is 0. The number of hydrogen-bond donors (Lipinski definition) is 0. The summed E-state index contributed by atoms with van der Waals surface area (Å²) in [7, 11) is 0. The van der Waals surface area contributed by atoms with Crippen molar-refractivity contribution in [3.05, 3.63) is 60.8 Å². The number of rotatable bonds is 0. The van der Waals surface area contributed by atoms with Crippen LogP contribution in [-0.4, -0.2) is 0 Å². The first kappa shape index (κ1) is 10.8. The summed E-state index contributed by atoms with van der Waals surface area (Å²) in [5.41, 5.74) is 0. The molecule has 14 heavy (non-hydrogen) atoms. The van der Waals surface area contributed by atoms with E-state index in [1.54, 1.807) is 0 Å². The molecular formula is C14H17. The highest BCUT2D eigenvalue weighted by Crippen LogP contribution is 1.98. The molecule has 0 unspecified atom stereocenters. The van der Waals surface area contributed by atoms with E-state index in [-0.39, 0.29) is 0 Å². The van der Waals surface area contributed by atoms with Crippen LogP contribution < -0.4 is 0 Å². The Morgan fingerprint density at radius 2 is 1.36 bits per heavy atom.